The predicted molar refractivity (Wildman–Crippen MR) is 168 cm³/mol. The normalized spacial score (nSPS) is 25.6. The molecule has 4 bridgehead atoms. The molecule has 2 aliphatic heterocycles. The number of piperazine rings is 1. The summed E-state index contributed by atoms with van der Waals surface area (Å²) in [7, 11) is 3.55. The molecular formula is C33H42N8O4. The average molecular weight is 615 g/mol. The van der Waals surface area contributed by atoms with Crippen molar-refractivity contribution in [2.45, 2.75) is 83.0 Å². The minimum absolute atomic E-state index is 0.0357. The zero-order valence-corrected chi connectivity index (χ0v) is 26.7. The van der Waals surface area contributed by atoms with Gasteiger partial charge in [0, 0.05) is 51.0 Å². The molecule has 238 valence electrons. The number of nitrogens with one attached hydrogen (secondary N) is 1. The molecule has 4 fully saturated rings. The number of pyridine rings is 1. The van der Waals surface area contributed by atoms with Crippen molar-refractivity contribution < 1.29 is 19.1 Å². The summed E-state index contributed by atoms with van der Waals surface area (Å²) in [5.41, 5.74) is 1.33. The first-order chi connectivity index (χ1) is 21.4. The van der Waals surface area contributed by atoms with Gasteiger partial charge < -0.3 is 24.4 Å². The van der Waals surface area contributed by atoms with Crippen LogP contribution in [0.1, 0.15) is 86.2 Å². The predicted octanol–water partition coefficient (Wildman–Crippen LogP) is 4.86. The molecule has 2 saturated heterocycles. The molecule has 0 spiro atoms. The third-order valence-electron chi connectivity index (χ3n) is 9.86. The topological polar surface area (TPSA) is 126 Å². The Balaban J connectivity index is 1.07. The van der Waals surface area contributed by atoms with E-state index in [0.29, 0.717) is 47.9 Å². The van der Waals surface area contributed by atoms with Gasteiger partial charge in [-0.05, 0) is 82.9 Å². The van der Waals surface area contributed by atoms with Gasteiger partial charge >= 0.3 is 6.09 Å². The highest BCUT2D eigenvalue weighted by Gasteiger charge is 2.46. The van der Waals surface area contributed by atoms with E-state index in [1.807, 2.05) is 36.6 Å². The molecule has 3 amide bonds. The van der Waals surface area contributed by atoms with Crippen LogP contribution in [0.15, 0.2) is 30.6 Å². The molecule has 12 nitrogen and oxygen atoms in total. The van der Waals surface area contributed by atoms with Gasteiger partial charge in [0.1, 0.15) is 22.8 Å². The van der Waals surface area contributed by atoms with Gasteiger partial charge in [0.2, 0.25) is 5.95 Å². The van der Waals surface area contributed by atoms with Crippen LogP contribution in [-0.2, 0) is 4.74 Å². The number of amides is 3. The van der Waals surface area contributed by atoms with E-state index in [-0.39, 0.29) is 36.0 Å². The highest BCUT2D eigenvalue weighted by Crippen LogP contribution is 2.52. The SMILES string of the molecule is CN(C)C(=O)c1cc2cnc(Nc3ccc(C(=O)N4CC5CC[C@H](C4)N5C(=O)OC(C)(C)C)cn3)nc2n1[C@@H]1C[C@H]2CCC1C2. The fourth-order valence-corrected chi connectivity index (χ4v) is 7.90. The quantitative estimate of drug-likeness (QED) is 0.432. The lowest BCUT2D eigenvalue weighted by atomic mass is 9.95. The van der Waals surface area contributed by atoms with Crippen molar-refractivity contribution in [3.63, 3.8) is 0 Å². The number of carbonyl (C=O) groups is 3. The minimum Gasteiger partial charge on any atom is -0.444 e. The molecule has 7 rings (SSSR count). The van der Waals surface area contributed by atoms with Gasteiger partial charge in [0.25, 0.3) is 11.8 Å². The van der Waals surface area contributed by atoms with E-state index in [9.17, 15) is 14.4 Å². The van der Waals surface area contributed by atoms with Gasteiger partial charge in [-0.3, -0.25) is 14.5 Å². The summed E-state index contributed by atoms with van der Waals surface area (Å²) in [6.07, 6.45) is 9.48. The van der Waals surface area contributed by atoms with E-state index >= 15 is 0 Å². The largest absolute Gasteiger partial charge is 0.444 e. The van der Waals surface area contributed by atoms with Gasteiger partial charge in [0.15, 0.2) is 0 Å². The second-order valence-corrected chi connectivity index (χ2v) is 14.4. The van der Waals surface area contributed by atoms with E-state index in [4.69, 9.17) is 9.72 Å². The Kier molecular flexibility index (Phi) is 7.20. The van der Waals surface area contributed by atoms with E-state index in [2.05, 4.69) is 19.9 Å². The highest BCUT2D eigenvalue weighted by molar-refractivity contribution is 5.98. The van der Waals surface area contributed by atoms with Crippen molar-refractivity contribution >= 4 is 40.7 Å². The number of hydrogen-bond acceptors (Lipinski definition) is 8. The molecule has 3 aromatic rings. The van der Waals surface area contributed by atoms with Gasteiger partial charge in [-0.25, -0.2) is 14.8 Å². The number of carbonyl (C=O) groups excluding carboxylic acids is 3. The Morgan fingerprint density at radius 2 is 1.73 bits per heavy atom. The van der Waals surface area contributed by atoms with Crippen LogP contribution in [-0.4, -0.2) is 97.0 Å². The lowest BCUT2D eigenvalue weighted by molar-refractivity contribution is -0.00336. The molecule has 12 heteroatoms. The third-order valence-corrected chi connectivity index (χ3v) is 9.86. The number of likely N-dealkylation sites (tertiary alicyclic amines) is 1. The first-order valence-corrected chi connectivity index (χ1v) is 16.1. The lowest BCUT2D eigenvalue weighted by Crippen LogP contribution is -2.57. The molecule has 0 radical (unpaired) electrons. The van der Waals surface area contributed by atoms with Crippen molar-refractivity contribution in [3.8, 4) is 0 Å². The van der Waals surface area contributed by atoms with Crippen LogP contribution >= 0.6 is 0 Å². The molecule has 2 saturated carbocycles. The smallest absolute Gasteiger partial charge is 0.410 e. The molecule has 2 aliphatic carbocycles. The summed E-state index contributed by atoms with van der Waals surface area (Å²) in [6.45, 7) is 6.55. The Morgan fingerprint density at radius 3 is 2.33 bits per heavy atom. The molecule has 45 heavy (non-hydrogen) atoms. The number of anilines is 2. The highest BCUT2D eigenvalue weighted by atomic mass is 16.6. The van der Waals surface area contributed by atoms with Crippen LogP contribution in [0, 0.1) is 11.8 Å². The maximum Gasteiger partial charge on any atom is 0.410 e. The summed E-state index contributed by atoms with van der Waals surface area (Å²) in [6, 6.07) is 5.58. The van der Waals surface area contributed by atoms with Crippen molar-refractivity contribution in [2.24, 2.45) is 11.8 Å². The fraction of sp³-hybridized carbons (Fsp3) is 0.576. The molecule has 5 atom stereocenters. The Bertz CT molecular complexity index is 1630. The summed E-state index contributed by atoms with van der Waals surface area (Å²) in [5.74, 6) is 2.04. The monoisotopic (exact) mass is 614 g/mol. The van der Waals surface area contributed by atoms with E-state index in [1.165, 1.54) is 19.3 Å². The molecule has 5 heterocycles. The second-order valence-electron chi connectivity index (χ2n) is 14.4. The van der Waals surface area contributed by atoms with E-state index in [0.717, 1.165) is 30.3 Å². The van der Waals surface area contributed by atoms with Crippen molar-refractivity contribution in [1.82, 2.24) is 34.2 Å². The summed E-state index contributed by atoms with van der Waals surface area (Å²) in [4.78, 5) is 58.6. The standard InChI is InChI=1S/C33H42N8O4/c1-33(2,3)45-32(44)40-23-9-10-24(40)18-39(17-23)29(42)21-8-11-27(34-15-21)36-31-35-16-22-14-26(30(43)38(4)5)41(28(22)37-31)25-13-19-6-7-20(25)12-19/h8,11,14-16,19-20,23-25H,6-7,9-10,12-13,17-18H2,1-5H3,(H,34,35,36,37)/t19-,20?,23+,24?,25+/m0/s1. The van der Waals surface area contributed by atoms with Crippen molar-refractivity contribution in [1.29, 1.82) is 0 Å². The molecule has 0 aromatic carbocycles. The number of nitrogens with zero attached hydrogens (tertiary/aromatic N) is 7. The average Bonchev–Trinajstić information content (AvgIpc) is 3.77. The van der Waals surface area contributed by atoms with Crippen LogP contribution < -0.4 is 5.32 Å². The van der Waals surface area contributed by atoms with Gasteiger partial charge in [-0.2, -0.15) is 4.98 Å². The van der Waals surface area contributed by atoms with Gasteiger partial charge in [0.05, 0.1) is 17.6 Å². The molecule has 4 aliphatic rings. The maximum atomic E-state index is 13.4. The number of ether oxygens (including phenoxy) is 1. The first-order valence-electron chi connectivity index (χ1n) is 16.1. The van der Waals surface area contributed by atoms with Crippen LogP contribution in [0.5, 0.6) is 0 Å². The van der Waals surface area contributed by atoms with Crippen LogP contribution in [0.3, 0.4) is 0 Å². The minimum atomic E-state index is -0.560. The number of rotatable bonds is 5. The zero-order chi connectivity index (χ0) is 31.6. The van der Waals surface area contributed by atoms with Crippen molar-refractivity contribution in [3.05, 3.63) is 41.9 Å². The summed E-state index contributed by atoms with van der Waals surface area (Å²) < 4.78 is 7.78. The first kappa shape index (κ1) is 29.5. The Hall–Kier alpha value is -4.22. The van der Waals surface area contributed by atoms with Crippen LogP contribution in [0.4, 0.5) is 16.6 Å². The fourth-order valence-electron chi connectivity index (χ4n) is 7.90. The van der Waals surface area contributed by atoms with E-state index < -0.39 is 5.60 Å². The third kappa shape index (κ3) is 5.48. The maximum absolute atomic E-state index is 13.4. The number of hydrogen-bond donors (Lipinski definition) is 1. The molecular weight excluding hydrogens is 572 g/mol. The molecule has 1 N–H and O–H groups in total. The number of aromatic nitrogens is 4. The number of fused-ring (bicyclic) bond motifs is 5. The Labute approximate surface area is 263 Å². The van der Waals surface area contributed by atoms with Crippen LogP contribution in [0.25, 0.3) is 11.0 Å². The summed E-state index contributed by atoms with van der Waals surface area (Å²) >= 11 is 0. The van der Waals surface area contributed by atoms with Crippen molar-refractivity contribution in [2.75, 3.05) is 32.5 Å². The van der Waals surface area contributed by atoms with Gasteiger partial charge in [-0.1, -0.05) is 6.42 Å². The molecule has 3 aromatic heterocycles. The summed E-state index contributed by atoms with van der Waals surface area (Å²) in [5, 5.41) is 4.03. The molecule has 2 unspecified atom stereocenters. The van der Waals surface area contributed by atoms with E-state index in [1.54, 1.807) is 43.5 Å². The van der Waals surface area contributed by atoms with Gasteiger partial charge in [-0.15, -0.1) is 0 Å². The second kappa shape index (κ2) is 11.0. The Morgan fingerprint density at radius 1 is 0.978 bits per heavy atom. The zero-order valence-electron chi connectivity index (χ0n) is 26.7. The lowest BCUT2D eigenvalue weighted by Gasteiger charge is -2.41. The van der Waals surface area contributed by atoms with Crippen LogP contribution in [0.2, 0.25) is 0 Å².